The molecule has 4 N–H and O–H groups in total. The Balaban J connectivity index is 0.000000139. The average molecular weight is 2000 g/mol. The van der Waals surface area contributed by atoms with E-state index in [2.05, 4.69) is 178 Å². The number of carbonyl (C=O) groups is 6. The van der Waals surface area contributed by atoms with Crippen molar-refractivity contribution in [2.75, 3.05) is 105 Å². The number of likely N-dealkylation sites (N-methyl/N-ethyl adjacent to an activating group) is 1. The molecule has 6 amide bonds. The number of hydrogen-bond donors (Lipinski definition) is 4. The lowest BCUT2D eigenvalue weighted by Crippen LogP contribution is -2.56. The van der Waals surface area contributed by atoms with E-state index in [9.17, 15) is 24.0 Å². The molecule has 6 aliphatic heterocycles. The van der Waals surface area contributed by atoms with E-state index in [0.29, 0.717) is 80.6 Å². The molecule has 9 heterocycles. The lowest BCUT2D eigenvalue weighted by molar-refractivity contribution is -0.137. The van der Waals surface area contributed by atoms with E-state index >= 15 is 4.79 Å². The number of nitrogens with zero attached hydrogens (tertiary/aromatic N) is 8. The number of likely N-dealkylation sites (tertiary alicyclic amines) is 3. The maximum Gasteiger partial charge on any atom is 0.242 e. The zero-order valence-electron chi connectivity index (χ0n) is 70.8. The van der Waals surface area contributed by atoms with E-state index in [1.807, 2.05) is 175 Å². The number of hydrogen-bond acceptors (Lipinski definition) is 13. The SMILES string of the molecule is CCN1CCN(C(=O)[C@]2(Sc3ccc(C)cc3)CC(=O)N(Cc3ccc(Br)cc3)[C@H]2c2c[nH]c3cc(Cl)ccc23)CC1.COCCN1CCN(C(=O)[C@]2(Sc3ccc(C)cc3)CC(=O)N(Cc3ccc(Br)cc3)[C@H]2c2c[nH]c3cc(Cl)ccc23)CC1.Cc1ccc(S[C@@]2(C(=O)N3CCNCC3)CC(=O)N(Cc3ccc(Br)cc3)[C@H]2c2c[nH]c3cc(Cl)ccc23)cc1. The Kier molecular flexibility index (Phi) is 28.8. The predicted molar refractivity (Wildman–Crippen MR) is 518 cm³/mol. The van der Waals surface area contributed by atoms with Crippen LogP contribution in [0.3, 0.4) is 0 Å². The van der Waals surface area contributed by atoms with Gasteiger partial charge in [0, 0.05) is 223 Å². The molecule has 9 aromatic carbocycles. The van der Waals surface area contributed by atoms with Crippen molar-refractivity contribution in [3.8, 4) is 0 Å². The van der Waals surface area contributed by atoms with Crippen molar-refractivity contribution < 1.29 is 33.5 Å². The normalized spacial score (nSPS) is 21.3. The van der Waals surface area contributed by atoms with E-state index in [1.165, 1.54) is 35.3 Å². The third-order valence-electron chi connectivity index (χ3n) is 25.0. The second-order valence-electron chi connectivity index (χ2n) is 33.3. The van der Waals surface area contributed by atoms with Crippen molar-refractivity contribution in [2.45, 2.75) is 114 Å². The van der Waals surface area contributed by atoms with Crippen molar-refractivity contribution in [2.24, 2.45) is 0 Å². The van der Waals surface area contributed by atoms with Crippen LogP contribution in [0.25, 0.3) is 32.7 Å². The standard InChI is InChI=1S/C34H36BrClN4O3S.C33H34BrClN4O2S.C31H30BrClN4O2S/c1-23-3-10-27(11-4-23)44-34(33(42)39-15-13-38(14-16-39)17-18-43-2)20-31(41)40(22-24-5-7-25(35)8-6-24)32(34)29-21-37-30-19-26(36)9-12-28(29)30;1-3-37-14-16-38(17-15-37)32(41)33(42-26-11-4-22(2)5-12-26)19-30(40)39(21-23-6-8-24(34)9-7-23)31(33)28-20-36-29-18-25(35)10-13-27(28)29;1-20-2-9-24(10-3-20)40-31(30(39)36-14-12-34-13-15-36)17-28(38)37(19-21-4-6-22(32)7-5-21)29(31)26-18-35-27-16-23(33)8-11-25(26)27/h3-12,19,21,32,37H,13-18,20,22H2,1-2H3;4-13,18,20,31,36H,3,14-17,19,21H2,1-2H3;2-11,16,18,29,34-35H,12-15,17,19H2,1H3/t32-,34-;31-,33-;29-,31-/m000/s1. The van der Waals surface area contributed by atoms with Crippen LogP contribution >= 0.6 is 118 Å². The minimum atomic E-state index is -1.08. The first-order valence-electron chi connectivity index (χ1n) is 42.6. The molecule has 6 fully saturated rings. The number of aromatic nitrogens is 3. The molecule has 6 saturated heterocycles. The van der Waals surface area contributed by atoms with Crippen LogP contribution in [0, 0.1) is 20.8 Å². The van der Waals surface area contributed by atoms with Crippen molar-refractivity contribution >= 4 is 186 Å². The molecule has 6 atom stereocenters. The molecular formula is C98H100Br3Cl3N12O7S3. The van der Waals surface area contributed by atoms with Gasteiger partial charge in [-0.15, -0.1) is 35.3 Å². The molecule has 0 saturated carbocycles. The van der Waals surface area contributed by atoms with Crippen LogP contribution in [0.2, 0.25) is 15.1 Å². The highest BCUT2D eigenvalue weighted by Crippen LogP contribution is 2.59. The summed E-state index contributed by atoms with van der Waals surface area (Å²) in [5, 5.41) is 8.14. The number of benzene rings is 9. The second-order valence-corrected chi connectivity index (χ2v) is 41.6. The first-order chi connectivity index (χ1) is 60.9. The van der Waals surface area contributed by atoms with E-state index in [-0.39, 0.29) is 54.7 Å². The molecule has 18 rings (SSSR count). The van der Waals surface area contributed by atoms with Gasteiger partial charge in [-0.2, -0.15) is 0 Å². The van der Waals surface area contributed by atoms with Gasteiger partial charge in [0.25, 0.3) is 0 Å². The zero-order chi connectivity index (χ0) is 88.1. The number of halogens is 6. The quantitative estimate of drug-likeness (QED) is 0.0501. The van der Waals surface area contributed by atoms with Gasteiger partial charge in [0.15, 0.2) is 0 Å². The Morgan fingerprint density at radius 1 is 0.405 bits per heavy atom. The number of carbonyl (C=O) groups excluding carboxylic acids is 6. The molecule has 654 valence electrons. The van der Waals surface area contributed by atoms with Crippen molar-refractivity contribution in [3.05, 3.63) is 297 Å². The molecule has 0 unspecified atom stereocenters. The maximum atomic E-state index is 15.0. The van der Waals surface area contributed by atoms with Gasteiger partial charge in [-0.3, -0.25) is 33.7 Å². The molecule has 6 aliphatic rings. The molecule has 0 bridgehead atoms. The Bertz CT molecular complexity index is 5930. The molecule has 0 radical (unpaired) electrons. The van der Waals surface area contributed by atoms with Crippen LogP contribution in [0.4, 0.5) is 0 Å². The Morgan fingerprint density at radius 2 is 0.698 bits per heavy atom. The van der Waals surface area contributed by atoms with Gasteiger partial charge in [0.05, 0.1) is 44.0 Å². The summed E-state index contributed by atoms with van der Waals surface area (Å²) < 4.78 is 5.04. The summed E-state index contributed by atoms with van der Waals surface area (Å²) in [6, 6.07) is 64.6. The maximum absolute atomic E-state index is 15.0. The number of nitrogens with one attached hydrogen (secondary N) is 4. The van der Waals surface area contributed by atoms with Gasteiger partial charge in [-0.1, -0.05) is 197 Å². The van der Waals surface area contributed by atoms with E-state index in [1.54, 1.807) is 7.11 Å². The Hall–Kier alpha value is -8.38. The number of thioether (sulfide) groups is 3. The van der Waals surface area contributed by atoms with Gasteiger partial charge >= 0.3 is 0 Å². The molecule has 12 aromatic rings. The number of aromatic amines is 3. The Labute approximate surface area is 788 Å². The van der Waals surface area contributed by atoms with Gasteiger partial charge in [0.1, 0.15) is 14.2 Å². The number of aryl methyl sites for hydroxylation is 3. The smallest absolute Gasteiger partial charge is 0.242 e. The number of amides is 6. The van der Waals surface area contributed by atoms with E-state index in [0.717, 1.165) is 163 Å². The molecular weight excluding hydrogens is 1900 g/mol. The fourth-order valence-corrected chi connectivity index (χ4v) is 24.1. The van der Waals surface area contributed by atoms with Crippen LogP contribution in [0.5, 0.6) is 0 Å². The third kappa shape index (κ3) is 19.7. The fraction of sp³-hybridized carbons (Fsp3) is 0.327. The molecule has 126 heavy (non-hydrogen) atoms. The monoisotopic (exact) mass is 1990 g/mol. The van der Waals surface area contributed by atoms with E-state index < -0.39 is 32.4 Å². The third-order valence-corrected chi connectivity index (χ3v) is 31.5. The van der Waals surface area contributed by atoms with Gasteiger partial charge < -0.3 is 59.3 Å². The van der Waals surface area contributed by atoms with Crippen LogP contribution in [0.1, 0.15) is 94.4 Å². The number of piperazine rings is 3. The largest absolute Gasteiger partial charge is 0.383 e. The molecule has 0 aliphatic carbocycles. The highest BCUT2D eigenvalue weighted by Gasteiger charge is 2.63. The lowest BCUT2D eigenvalue weighted by Gasteiger charge is -2.42. The number of fused-ring (bicyclic) bond motifs is 3. The average Bonchev–Trinajstić information content (AvgIpc) is 1.57. The van der Waals surface area contributed by atoms with Gasteiger partial charge in [0.2, 0.25) is 35.4 Å². The van der Waals surface area contributed by atoms with Crippen LogP contribution in [0.15, 0.2) is 247 Å². The first-order valence-corrected chi connectivity index (χ1v) is 48.6. The second kappa shape index (κ2) is 39.9. The fourth-order valence-electron chi connectivity index (χ4n) is 18.4. The summed E-state index contributed by atoms with van der Waals surface area (Å²) in [7, 11) is 1.71. The number of H-pyrrole nitrogens is 3. The minimum absolute atomic E-state index is 0.00874. The van der Waals surface area contributed by atoms with Crippen LogP contribution in [-0.2, 0) is 53.1 Å². The number of ether oxygens (including phenoxy) is 1. The minimum Gasteiger partial charge on any atom is -0.383 e. The number of methoxy groups -OCH3 is 1. The van der Waals surface area contributed by atoms with Gasteiger partial charge in [-0.25, -0.2) is 0 Å². The van der Waals surface area contributed by atoms with Crippen LogP contribution < -0.4 is 5.32 Å². The lowest BCUT2D eigenvalue weighted by atomic mass is 9.90. The Morgan fingerprint density at radius 3 is 0.992 bits per heavy atom. The predicted octanol–water partition coefficient (Wildman–Crippen LogP) is 20.1. The summed E-state index contributed by atoms with van der Waals surface area (Å²) in [5.74, 6) is -0.0311. The van der Waals surface area contributed by atoms with Crippen molar-refractivity contribution in [1.29, 1.82) is 0 Å². The van der Waals surface area contributed by atoms with Gasteiger partial charge in [-0.05, 0) is 153 Å². The van der Waals surface area contributed by atoms with Crippen molar-refractivity contribution in [1.82, 2.24) is 59.5 Å². The molecule has 3 aromatic heterocycles. The highest BCUT2D eigenvalue weighted by atomic mass is 79.9. The summed E-state index contributed by atoms with van der Waals surface area (Å²) in [6.07, 6.45) is 6.23. The highest BCUT2D eigenvalue weighted by molar-refractivity contribution is 9.11. The molecule has 0 spiro atoms. The zero-order valence-corrected chi connectivity index (χ0v) is 80.3. The molecule has 28 heteroatoms. The van der Waals surface area contributed by atoms with E-state index in [4.69, 9.17) is 39.5 Å². The summed E-state index contributed by atoms with van der Waals surface area (Å²) in [6.45, 7) is 20.4. The topological polar surface area (TPSA) is 197 Å². The summed E-state index contributed by atoms with van der Waals surface area (Å²) >= 11 is 34.2. The first kappa shape index (κ1) is 91.0. The number of rotatable bonds is 22. The van der Waals surface area contributed by atoms with Crippen molar-refractivity contribution in [3.63, 3.8) is 0 Å². The summed E-state index contributed by atoms with van der Waals surface area (Å²) in [5.41, 5.74) is 11.9. The molecule has 19 nitrogen and oxygen atoms in total. The summed E-state index contributed by atoms with van der Waals surface area (Å²) in [4.78, 5) is 117. The van der Waals surface area contributed by atoms with Crippen LogP contribution in [-0.4, -0.2) is 209 Å².